The highest BCUT2D eigenvalue weighted by molar-refractivity contribution is 5.84. The van der Waals surface area contributed by atoms with Gasteiger partial charge in [0.2, 0.25) is 0 Å². The van der Waals surface area contributed by atoms with Crippen LogP contribution in [-0.4, -0.2) is 40.3 Å². The topological polar surface area (TPSA) is 76.1 Å². The lowest BCUT2D eigenvalue weighted by Crippen LogP contribution is -2.37. The van der Waals surface area contributed by atoms with Gasteiger partial charge in [0.05, 0.1) is 12.5 Å². The van der Waals surface area contributed by atoms with Crippen molar-refractivity contribution in [1.29, 1.82) is 0 Å². The molecular weight excluding hydrogens is 442 g/mol. The maximum atomic E-state index is 12.6. The van der Waals surface area contributed by atoms with Gasteiger partial charge in [-0.3, -0.25) is 4.79 Å². The van der Waals surface area contributed by atoms with Gasteiger partial charge in [0.25, 0.3) is 0 Å². The second kappa shape index (κ2) is 10.9. The molecule has 3 rings (SSSR count). The van der Waals surface area contributed by atoms with E-state index in [2.05, 4.69) is 26.8 Å². The molecule has 0 aliphatic heterocycles. The highest BCUT2D eigenvalue weighted by Gasteiger charge is 2.30. The molecule has 2 aromatic rings. The molecule has 0 radical (unpaired) electrons. The molecule has 6 nitrogen and oxygen atoms in total. The summed E-state index contributed by atoms with van der Waals surface area (Å²) in [7, 11) is 0. The number of carbonyl (C=O) groups is 2. The molecule has 35 heavy (non-hydrogen) atoms. The molecule has 192 valence electrons. The van der Waals surface area contributed by atoms with Gasteiger partial charge in [-0.05, 0) is 92.3 Å². The van der Waals surface area contributed by atoms with Crippen molar-refractivity contribution in [3.63, 3.8) is 0 Å². The van der Waals surface area contributed by atoms with Gasteiger partial charge in [-0.25, -0.2) is 4.79 Å². The Kier molecular flexibility index (Phi) is 8.34. The minimum absolute atomic E-state index is 0.0898. The van der Waals surface area contributed by atoms with Crippen LogP contribution in [0.15, 0.2) is 36.4 Å². The summed E-state index contributed by atoms with van der Waals surface area (Å²) in [5.41, 5.74) is 0.630. The highest BCUT2D eigenvalue weighted by Crippen LogP contribution is 2.39. The van der Waals surface area contributed by atoms with Gasteiger partial charge in [-0.1, -0.05) is 39.0 Å². The zero-order valence-electron chi connectivity index (χ0n) is 22.1. The van der Waals surface area contributed by atoms with E-state index < -0.39 is 17.7 Å². The number of rotatable bonds is 7. The molecule has 1 fully saturated rings. The van der Waals surface area contributed by atoms with E-state index in [-0.39, 0.29) is 25.6 Å². The molecule has 0 bridgehead atoms. The number of carbonyl (C=O) groups excluding carboxylic acids is 1. The molecule has 1 saturated carbocycles. The lowest BCUT2D eigenvalue weighted by atomic mass is 9.72. The zero-order chi connectivity index (χ0) is 25.8. The zero-order valence-corrected chi connectivity index (χ0v) is 22.1. The predicted octanol–water partition coefficient (Wildman–Crippen LogP) is 7.04. The molecule has 0 saturated heterocycles. The van der Waals surface area contributed by atoms with Crippen LogP contribution in [0, 0.1) is 11.3 Å². The first-order chi connectivity index (χ1) is 16.3. The number of hydrogen-bond donors (Lipinski definition) is 1. The maximum absolute atomic E-state index is 12.6. The van der Waals surface area contributed by atoms with Crippen molar-refractivity contribution in [1.82, 2.24) is 4.90 Å². The van der Waals surface area contributed by atoms with Crippen molar-refractivity contribution in [3.05, 3.63) is 42.0 Å². The van der Waals surface area contributed by atoms with Crippen LogP contribution in [0.4, 0.5) is 4.79 Å². The summed E-state index contributed by atoms with van der Waals surface area (Å²) in [6.07, 6.45) is 4.23. The number of hydrogen-bond acceptors (Lipinski definition) is 4. The van der Waals surface area contributed by atoms with Crippen LogP contribution < -0.4 is 4.74 Å². The van der Waals surface area contributed by atoms with Gasteiger partial charge >= 0.3 is 12.1 Å². The van der Waals surface area contributed by atoms with Gasteiger partial charge in [0.1, 0.15) is 11.4 Å². The Morgan fingerprint density at radius 1 is 0.943 bits per heavy atom. The van der Waals surface area contributed by atoms with E-state index in [4.69, 9.17) is 14.6 Å². The summed E-state index contributed by atoms with van der Waals surface area (Å²) in [5, 5.41) is 11.2. The van der Waals surface area contributed by atoms with Gasteiger partial charge in [-0.2, -0.15) is 0 Å². The molecule has 0 atom stereocenters. The van der Waals surface area contributed by atoms with E-state index in [0.717, 1.165) is 40.8 Å². The predicted molar refractivity (Wildman–Crippen MR) is 139 cm³/mol. The van der Waals surface area contributed by atoms with Gasteiger partial charge < -0.3 is 19.5 Å². The monoisotopic (exact) mass is 483 g/mol. The van der Waals surface area contributed by atoms with E-state index in [9.17, 15) is 9.59 Å². The first-order valence-electron chi connectivity index (χ1n) is 12.7. The highest BCUT2D eigenvalue weighted by atomic mass is 16.6. The number of nitrogens with zero attached hydrogens (tertiary/aromatic N) is 1. The number of carboxylic acids is 1. The third-order valence-corrected chi connectivity index (χ3v) is 6.70. The minimum Gasteiger partial charge on any atom is -0.490 e. The SMILES string of the molecule is CC(C)(C)OC(=O)N(CCC(=O)O)Cc1ccc2cc(O[C@H]3CC[C@H](C(C)(C)C)CC3)ccc2c1. The summed E-state index contributed by atoms with van der Waals surface area (Å²) in [4.78, 5) is 25.2. The smallest absolute Gasteiger partial charge is 0.410 e. The Bertz CT molecular complexity index is 1030. The van der Waals surface area contributed by atoms with Crippen LogP contribution in [0.1, 0.15) is 79.2 Å². The van der Waals surface area contributed by atoms with Crippen LogP contribution in [0.25, 0.3) is 10.8 Å². The van der Waals surface area contributed by atoms with Crippen molar-refractivity contribution in [2.75, 3.05) is 6.54 Å². The van der Waals surface area contributed by atoms with E-state index in [1.54, 1.807) is 20.8 Å². The number of fused-ring (bicyclic) bond motifs is 1. The van der Waals surface area contributed by atoms with Gasteiger partial charge in [0, 0.05) is 13.1 Å². The average molecular weight is 484 g/mol. The van der Waals surface area contributed by atoms with Crippen LogP contribution >= 0.6 is 0 Å². The summed E-state index contributed by atoms with van der Waals surface area (Å²) in [6.45, 7) is 12.8. The Morgan fingerprint density at radius 2 is 1.57 bits per heavy atom. The largest absolute Gasteiger partial charge is 0.490 e. The summed E-state index contributed by atoms with van der Waals surface area (Å²) < 4.78 is 11.8. The van der Waals surface area contributed by atoms with Gasteiger partial charge in [0.15, 0.2) is 0 Å². The maximum Gasteiger partial charge on any atom is 0.410 e. The summed E-state index contributed by atoms with van der Waals surface area (Å²) in [6, 6.07) is 12.2. The number of aliphatic carboxylic acids is 1. The number of carboxylic acid groups (broad SMARTS) is 1. The molecular formula is C29H41NO5. The van der Waals surface area contributed by atoms with Crippen LogP contribution in [0.5, 0.6) is 5.75 Å². The van der Waals surface area contributed by atoms with Crippen LogP contribution in [0.2, 0.25) is 0 Å². The van der Waals surface area contributed by atoms with Crippen LogP contribution in [0.3, 0.4) is 0 Å². The van der Waals surface area contributed by atoms with E-state index >= 15 is 0 Å². The van der Waals surface area contributed by atoms with Crippen molar-refractivity contribution < 1.29 is 24.2 Å². The molecule has 1 aliphatic rings. The second-order valence-electron chi connectivity index (χ2n) is 11.8. The Labute approximate surface area is 209 Å². The fourth-order valence-corrected chi connectivity index (χ4v) is 4.70. The normalized spacial score (nSPS) is 18.8. The first kappa shape index (κ1) is 26.8. The number of benzene rings is 2. The first-order valence-corrected chi connectivity index (χ1v) is 12.7. The van der Waals surface area contributed by atoms with Crippen LogP contribution in [-0.2, 0) is 16.1 Å². The van der Waals surface area contributed by atoms with E-state index in [1.807, 2.05) is 30.3 Å². The van der Waals surface area contributed by atoms with E-state index in [1.165, 1.54) is 17.7 Å². The molecule has 0 spiro atoms. The number of amides is 1. The average Bonchev–Trinajstić information content (AvgIpc) is 2.75. The fraction of sp³-hybridized carbons (Fsp3) is 0.586. The minimum atomic E-state index is -0.948. The Morgan fingerprint density at radius 3 is 2.17 bits per heavy atom. The Hall–Kier alpha value is -2.76. The molecule has 0 unspecified atom stereocenters. The van der Waals surface area contributed by atoms with Crippen molar-refractivity contribution >= 4 is 22.8 Å². The van der Waals surface area contributed by atoms with Crippen molar-refractivity contribution in [2.24, 2.45) is 11.3 Å². The number of ether oxygens (including phenoxy) is 2. The molecule has 1 N–H and O–H groups in total. The molecule has 1 amide bonds. The third kappa shape index (κ3) is 8.15. The van der Waals surface area contributed by atoms with Crippen molar-refractivity contribution in [2.45, 2.75) is 91.9 Å². The summed E-state index contributed by atoms with van der Waals surface area (Å²) >= 11 is 0. The third-order valence-electron chi connectivity index (χ3n) is 6.70. The molecule has 0 aromatic heterocycles. The molecule has 0 heterocycles. The Balaban J connectivity index is 1.67. The quantitative estimate of drug-likeness (QED) is 0.457. The lowest BCUT2D eigenvalue weighted by molar-refractivity contribution is -0.137. The van der Waals surface area contributed by atoms with E-state index in [0.29, 0.717) is 5.41 Å². The van der Waals surface area contributed by atoms with Gasteiger partial charge in [-0.15, -0.1) is 0 Å². The molecule has 1 aliphatic carbocycles. The summed E-state index contributed by atoms with van der Waals surface area (Å²) in [5.74, 6) is 0.700. The standard InChI is InChI=1S/C29H41NO5/c1-28(2,3)23-10-13-24(14-11-23)34-25-12-9-21-17-20(7-8-22(21)18-25)19-30(16-15-26(31)32)27(33)35-29(4,5)6/h7-9,12,17-18,23-24H,10-11,13-16,19H2,1-6H3,(H,31,32)/t23-,24-. The second-order valence-corrected chi connectivity index (χ2v) is 11.8. The molecule has 2 aromatic carbocycles. The molecule has 6 heteroatoms. The lowest BCUT2D eigenvalue weighted by Gasteiger charge is -2.37. The fourth-order valence-electron chi connectivity index (χ4n) is 4.70. The van der Waals surface area contributed by atoms with Crippen molar-refractivity contribution in [3.8, 4) is 5.75 Å².